The molecule has 0 radical (unpaired) electrons. The lowest BCUT2D eigenvalue weighted by atomic mass is 9.80. The third kappa shape index (κ3) is 5.73. The van der Waals surface area contributed by atoms with Crippen molar-refractivity contribution in [2.45, 2.75) is 44.7 Å². The molecule has 0 saturated heterocycles. The van der Waals surface area contributed by atoms with Crippen molar-refractivity contribution in [1.82, 2.24) is 0 Å². The summed E-state index contributed by atoms with van der Waals surface area (Å²) in [5, 5.41) is 41.0. The SMILES string of the molecule is CC(C)CC(=O)OC1OC=C(CO)C2CC(O)C(O)(COC(=O)C=Cc3ccc(O)cc3)C12. The first kappa shape index (κ1) is 24.8. The Morgan fingerprint density at radius 1 is 1.27 bits per heavy atom. The zero-order valence-electron chi connectivity index (χ0n) is 18.6. The zero-order chi connectivity index (χ0) is 24.2. The molecule has 3 rings (SSSR count). The first-order chi connectivity index (χ1) is 15.6. The average molecular weight is 462 g/mol. The Labute approximate surface area is 191 Å². The summed E-state index contributed by atoms with van der Waals surface area (Å²) < 4.78 is 16.2. The highest BCUT2D eigenvalue weighted by atomic mass is 16.7. The van der Waals surface area contributed by atoms with Crippen LogP contribution in [-0.2, 0) is 23.8 Å². The highest BCUT2D eigenvalue weighted by Gasteiger charge is 2.61. The van der Waals surface area contributed by atoms with E-state index in [0.29, 0.717) is 11.1 Å². The number of aromatic hydroxyl groups is 1. The van der Waals surface area contributed by atoms with Gasteiger partial charge in [-0.2, -0.15) is 0 Å². The number of hydrogen-bond acceptors (Lipinski definition) is 9. The molecule has 9 heteroatoms. The van der Waals surface area contributed by atoms with E-state index in [9.17, 15) is 30.0 Å². The van der Waals surface area contributed by atoms with Gasteiger partial charge >= 0.3 is 11.9 Å². The maximum atomic E-state index is 12.2. The van der Waals surface area contributed by atoms with Gasteiger partial charge in [0.05, 0.1) is 24.9 Å². The molecule has 1 aliphatic heterocycles. The third-order valence-electron chi connectivity index (χ3n) is 5.94. The number of fused-ring (bicyclic) bond motifs is 1. The number of phenols is 1. The van der Waals surface area contributed by atoms with E-state index in [1.54, 1.807) is 12.1 Å². The molecule has 1 heterocycles. The Bertz CT molecular complexity index is 905. The second kappa shape index (κ2) is 10.4. The number of ether oxygens (including phenoxy) is 3. The Morgan fingerprint density at radius 2 is 1.97 bits per heavy atom. The number of aliphatic hydroxyl groups excluding tert-OH is 2. The van der Waals surface area contributed by atoms with Gasteiger partial charge in [-0.25, -0.2) is 4.79 Å². The molecule has 1 aromatic rings. The molecule has 9 nitrogen and oxygen atoms in total. The number of aliphatic hydroxyl groups is 3. The highest BCUT2D eigenvalue weighted by molar-refractivity contribution is 5.87. The number of carbonyl (C=O) groups excluding carboxylic acids is 2. The van der Waals surface area contributed by atoms with Crippen LogP contribution in [0.1, 0.15) is 32.3 Å². The van der Waals surface area contributed by atoms with Crippen molar-refractivity contribution in [3.63, 3.8) is 0 Å². The Morgan fingerprint density at radius 3 is 2.61 bits per heavy atom. The molecule has 0 aromatic heterocycles. The third-order valence-corrected chi connectivity index (χ3v) is 5.94. The molecule has 2 aliphatic rings. The van der Waals surface area contributed by atoms with E-state index in [-0.39, 0.29) is 31.1 Å². The van der Waals surface area contributed by atoms with Gasteiger partial charge in [-0.05, 0) is 41.7 Å². The Kier molecular flexibility index (Phi) is 7.78. The number of phenolic OH excluding ortho intramolecular Hbond substituents is 1. The zero-order valence-corrected chi connectivity index (χ0v) is 18.6. The van der Waals surface area contributed by atoms with Crippen LogP contribution in [-0.4, -0.2) is 63.6 Å². The van der Waals surface area contributed by atoms with E-state index in [2.05, 4.69) is 0 Å². The molecular formula is C24H30O9. The Balaban J connectivity index is 1.73. The molecular weight excluding hydrogens is 432 g/mol. The van der Waals surface area contributed by atoms with E-state index < -0.39 is 48.4 Å². The maximum absolute atomic E-state index is 12.2. The fourth-order valence-corrected chi connectivity index (χ4v) is 4.24. The van der Waals surface area contributed by atoms with Crippen molar-refractivity contribution in [3.05, 3.63) is 47.7 Å². The normalized spacial score (nSPS) is 28.8. The van der Waals surface area contributed by atoms with Gasteiger partial charge in [-0.3, -0.25) is 4.79 Å². The van der Waals surface area contributed by atoms with Crippen LogP contribution in [0.5, 0.6) is 5.75 Å². The molecule has 1 aromatic carbocycles. The van der Waals surface area contributed by atoms with Crippen molar-refractivity contribution in [2.24, 2.45) is 17.8 Å². The van der Waals surface area contributed by atoms with Crippen molar-refractivity contribution in [2.75, 3.05) is 13.2 Å². The minimum atomic E-state index is -1.95. The quantitative estimate of drug-likeness (QED) is 0.334. The van der Waals surface area contributed by atoms with Gasteiger partial charge in [-0.1, -0.05) is 26.0 Å². The highest BCUT2D eigenvalue weighted by Crippen LogP contribution is 2.49. The summed E-state index contributed by atoms with van der Waals surface area (Å²) in [6, 6.07) is 6.16. The maximum Gasteiger partial charge on any atom is 0.330 e. The number of benzene rings is 1. The van der Waals surface area contributed by atoms with E-state index >= 15 is 0 Å². The van der Waals surface area contributed by atoms with Gasteiger partial charge in [0.1, 0.15) is 18.0 Å². The molecule has 33 heavy (non-hydrogen) atoms. The number of esters is 2. The molecule has 5 atom stereocenters. The van der Waals surface area contributed by atoms with Gasteiger partial charge < -0.3 is 34.6 Å². The number of rotatable bonds is 8. The summed E-state index contributed by atoms with van der Waals surface area (Å²) >= 11 is 0. The average Bonchev–Trinajstić information content (AvgIpc) is 3.03. The van der Waals surface area contributed by atoms with Crippen molar-refractivity contribution in [1.29, 1.82) is 0 Å². The lowest BCUT2D eigenvalue weighted by Gasteiger charge is -2.40. The second-order valence-corrected chi connectivity index (χ2v) is 8.85. The lowest BCUT2D eigenvalue weighted by molar-refractivity contribution is -0.221. The van der Waals surface area contributed by atoms with E-state index in [0.717, 1.165) is 6.08 Å². The molecule has 180 valence electrons. The molecule has 5 unspecified atom stereocenters. The van der Waals surface area contributed by atoms with E-state index in [4.69, 9.17) is 14.2 Å². The Hall–Kier alpha value is -2.88. The standard InChI is InChI=1S/C24H30O9/c1-14(2)9-21(29)33-23-22-18(16(11-25)12-31-23)10-19(27)24(22,30)13-32-20(28)8-5-15-3-6-17(26)7-4-15/h3-8,12,14,18-19,22-23,25-27,30H,9-11,13H2,1-2H3. The first-order valence-corrected chi connectivity index (χ1v) is 10.8. The summed E-state index contributed by atoms with van der Waals surface area (Å²) in [6.07, 6.45) is 1.65. The minimum Gasteiger partial charge on any atom is -0.508 e. The predicted octanol–water partition coefficient (Wildman–Crippen LogP) is 1.50. The summed E-state index contributed by atoms with van der Waals surface area (Å²) in [5.74, 6) is -2.59. The number of carbonyl (C=O) groups is 2. The lowest BCUT2D eigenvalue weighted by Crippen LogP contribution is -2.54. The predicted molar refractivity (Wildman–Crippen MR) is 116 cm³/mol. The fraction of sp³-hybridized carbons (Fsp3) is 0.500. The largest absolute Gasteiger partial charge is 0.508 e. The van der Waals surface area contributed by atoms with Crippen LogP contribution in [0.2, 0.25) is 0 Å². The molecule has 1 fully saturated rings. The molecule has 1 aliphatic carbocycles. The van der Waals surface area contributed by atoms with Crippen LogP contribution in [0, 0.1) is 17.8 Å². The van der Waals surface area contributed by atoms with Gasteiger partial charge in [0, 0.05) is 18.4 Å². The van der Waals surface area contributed by atoms with Crippen LogP contribution in [0.3, 0.4) is 0 Å². The van der Waals surface area contributed by atoms with Crippen LogP contribution in [0.15, 0.2) is 42.2 Å². The molecule has 0 bridgehead atoms. The number of hydrogen-bond donors (Lipinski definition) is 4. The van der Waals surface area contributed by atoms with Crippen LogP contribution >= 0.6 is 0 Å². The summed E-state index contributed by atoms with van der Waals surface area (Å²) in [7, 11) is 0. The van der Waals surface area contributed by atoms with Gasteiger partial charge in [0.15, 0.2) is 0 Å². The fourth-order valence-electron chi connectivity index (χ4n) is 4.24. The summed E-state index contributed by atoms with van der Waals surface area (Å²) in [6.45, 7) is 2.80. The smallest absolute Gasteiger partial charge is 0.330 e. The second-order valence-electron chi connectivity index (χ2n) is 8.85. The molecule has 1 saturated carbocycles. The first-order valence-electron chi connectivity index (χ1n) is 10.8. The molecule has 0 amide bonds. The van der Waals surface area contributed by atoms with E-state index in [1.165, 1.54) is 24.5 Å². The monoisotopic (exact) mass is 462 g/mol. The van der Waals surface area contributed by atoms with Gasteiger partial charge in [-0.15, -0.1) is 0 Å². The molecule has 0 spiro atoms. The van der Waals surface area contributed by atoms with Crippen LogP contribution in [0.4, 0.5) is 0 Å². The van der Waals surface area contributed by atoms with Crippen LogP contribution < -0.4 is 0 Å². The molecule has 4 N–H and O–H groups in total. The van der Waals surface area contributed by atoms with Crippen LogP contribution in [0.25, 0.3) is 6.08 Å². The topological polar surface area (TPSA) is 143 Å². The van der Waals surface area contributed by atoms with E-state index in [1.807, 2.05) is 13.8 Å². The van der Waals surface area contributed by atoms with Crippen molar-refractivity contribution >= 4 is 18.0 Å². The van der Waals surface area contributed by atoms with Gasteiger partial charge in [0.25, 0.3) is 0 Å². The minimum absolute atomic E-state index is 0.0507. The van der Waals surface area contributed by atoms with Crippen molar-refractivity contribution < 1.29 is 44.2 Å². The summed E-state index contributed by atoms with van der Waals surface area (Å²) in [4.78, 5) is 24.5. The van der Waals surface area contributed by atoms with Crippen molar-refractivity contribution in [3.8, 4) is 5.75 Å². The summed E-state index contributed by atoms with van der Waals surface area (Å²) in [5.41, 5.74) is -0.853. The van der Waals surface area contributed by atoms with Gasteiger partial charge in [0.2, 0.25) is 6.29 Å².